The van der Waals surface area contributed by atoms with Crippen molar-refractivity contribution < 1.29 is 28.3 Å². The van der Waals surface area contributed by atoms with Gasteiger partial charge in [-0.1, -0.05) is 29.3 Å². The molecule has 0 atom stereocenters. The molecule has 29 heavy (non-hydrogen) atoms. The van der Waals surface area contributed by atoms with Gasteiger partial charge in [-0.15, -0.1) is 0 Å². The third-order valence-corrected chi connectivity index (χ3v) is 4.84. The molecule has 0 aliphatic carbocycles. The second-order valence-corrected chi connectivity index (χ2v) is 7.00. The average molecular weight is 439 g/mol. The fourth-order valence-corrected chi connectivity index (χ4v) is 2.94. The second kappa shape index (κ2) is 8.18. The maximum Gasteiger partial charge on any atom is 0.326 e. The molecule has 10 heteroatoms. The minimum atomic E-state index is -0.970. The van der Waals surface area contributed by atoms with E-state index in [1.165, 1.54) is 24.3 Å². The Balaban J connectivity index is 1.57. The summed E-state index contributed by atoms with van der Waals surface area (Å²) >= 11 is 11.7. The van der Waals surface area contributed by atoms with Crippen LogP contribution in [0.2, 0.25) is 10.0 Å². The highest BCUT2D eigenvalue weighted by molar-refractivity contribution is 6.43. The van der Waals surface area contributed by atoms with Gasteiger partial charge in [0.1, 0.15) is 12.4 Å². The number of amides is 3. The molecule has 0 spiro atoms. The molecule has 2 aromatic rings. The van der Waals surface area contributed by atoms with E-state index >= 15 is 0 Å². The molecule has 1 heterocycles. The van der Waals surface area contributed by atoms with Gasteiger partial charge < -0.3 is 10.1 Å². The van der Waals surface area contributed by atoms with Crippen molar-refractivity contribution >= 4 is 52.6 Å². The quantitative estimate of drug-likeness (QED) is 0.571. The maximum atomic E-state index is 13.5. The van der Waals surface area contributed by atoms with Gasteiger partial charge in [0.25, 0.3) is 17.7 Å². The highest BCUT2D eigenvalue weighted by Gasteiger charge is 2.37. The maximum absolute atomic E-state index is 13.5. The lowest BCUT2D eigenvalue weighted by molar-refractivity contribution is -0.147. The number of fused-ring (bicyclic) bond motifs is 1. The number of rotatable bonds is 5. The summed E-state index contributed by atoms with van der Waals surface area (Å²) in [5, 5.41) is 2.56. The third-order valence-electron chi connectivity index (χ3n) is 4.12. The van der Waals surface area contributed by atoms with Crippen molar-refractivity contribution in [3.63, 3.8) is 0 Å². The molecule has 1 aliphatic rings. The topological polar surface area (TPSA) is 92.8 Å². The van der Waals surface area contributed by atoms with E-state index in [1.54, 1.807) is 6.92 Å². The molecule has 0 fully saturated rings. The van der Waals surface area contributed by atoms with Gasteiger partial charge in [-0.05, 0) is 36.8 Å². The number of benzene rings is 2. The number of nitrogens with one attached hydrogen (secondary N) is 1. The lowest BCUT2D eigenvalue weighted by atomic mass is 10.1. The first-order valence-corrected chi connectivity index (χ1v) is 9.00. The molecular formula is C19H13Cl2FN2O5. The number of ether oxygens (including phenoxy) is 1. The zero-order valence-corrected chi connectivity index (χ0v) is 16.4. The van der Waals surface area contributed by atoms with Gasteiger partial charge in [0.2, 0.25) is 0 Å². The molecule has 1 aliphatic heterocycles. The first-order valence-electron chi connectivity index (χ1n) is 8.24. The van der Waals surface area contributed by atoms with E-state index in [0.29, 0.717) is 10.5 Å². The van der Waals surface area contributed by atoms with Crippen LogP contribution < -0.4 is 5.32 Å². The van der Waals surface area contributed by atoms with Crippen LogP contribution in [-0.2, 0) is 14.3 Å². The van der Waals surface area contributed by atoms with Crippen molar-refractivity contribution in [2.75, 3.05) is 18.5 Å². The number of hydrogen-bond acceptors (Lipinski definition) is 5. The number of anilines is 1. The summed E-state index contributed by atoms with van der Waals surface area (Å²) in [6.07, 6.45) is 0. The van der Waals surface area contributed by atoms with Crippen LogP contribution in [0.1, 0.15) is 26.3 Å². The normalized spacial score (nSPS) is 12.8. The number of carbonyl (C=O) groups is 4. The zero-order chi connectivity index (χ0) is 21.3. The van der Waals surface area contributed by atoms with Gasteiger partial charge in [-0.3, -0.25) is 24.1 Å². The van der Waals surface area contributed by atoms with Crippen molar-refractivity contribution in [3.8, 4) is 0 Å². The van der Waals surface area contributed by atoms with Crippen LogP contribution in [0.4, 0.5) is 10.1 Å². The zero-order valence-electron chi connectivity index (χ0n) is 14.9. The molecule has 7 nitrogen and oxygen atoms in total. The second-order valence-electron chi connectivity index (χ2n) is 6.18. The third kappa shape index (κ3) is 4.38. The van der Waals surface area contributed by atoms with Crippen molar-refractivity contribution in [3.05, 3.63) is 62.9 Å². The number of aryl methyl sites for hydroxylation is 1. The van der Waals surface area contributed by atoms with E-state index in [9.17, 15) is 23.6 Å². The van der Waals surface area contributed by atoms with E-state index in [2.05, 4.69) is 5.32 Å². The number of halogens is 3. The molecule has 2 aromatic carbocycles. The molecule has 0 aromatic heterocycles. The summed E-state index contributed by atoms with van der Waals surface area (Å²) in [5.41, 5.74) is 0.661. The Morgan fingerprint density at radius 3 is 2.21 bits per heavy atom. The van der Waals surface area contributed by atoms with Crippen LogP contribution in [0.15, 0.2) is 30.3 Å². The SMILES string of the molecule is Cc1ccc(NC(=O)COC(=O)CN2C(=O)c3cc(Cl)c(Cl)cc3C2=O)cc1F. The van der Waals surface area contributed by atoms with Crippen molar-refractivity contribution in [1.29, 1.82) is 0 Å². The van der Waals surface area contributed by atoms with Crippen LogP contribution >= 0.6 is 23.2 Å². The van der Waals surface area contributed by atoms with E-state index in [4.69, 9.17) is 27.9 Å². The van der Waals surface area contributed by atoms with Gasteiger partial charge in [-0.2, -0.15) is 0 Å². The molecule has 3 rings (SSSR count). The first kappa shape index (κ1) is 20.8. The largest absolute Gasteiger partial charge is 0.454 e. The molecule has 150 valence electrons. The number of carbonyl (C=O) groups excluding carboxylic acids is 4. The van der Waals surface area contributed by atoms with Gasteiger partial charge in [0.15, 0.2) is 6.61 Å². The Bertz CT molecular complexity index is 1020. The summed E-state index contributed by atoms with van der Waals surface area (Å²) in [7, 11) is 0. The number of esters is 1. The van der Waals surface area contributed by atoms with E-state index in [0.717, 1.165) is 6.07 Å². The predicted molar refractivity (Wildman–Crippen MR) is 103 cm³/mol. The number of hydrogen-bond donors (Lipinski definition) is 1. The monoisotopic (exact) mass is 438 g/mol. The van der Waals surface area contributed by atoms with Gasteiger partial charge in [0.05, 0.1) is 21.2 Å². The molecule has 1 N–H and O–H groups in total. The lowest BCUT2D eigenvalue weighted by Crippen LogP contribution is -2.36. The summed E-state index contributed by atoms with van der Waals surface area (Å²) in [6, 6.07) is 6.60. The molecule has 0 saturated heterocycles. The van der Waals surface area contributed by atoms with Crippen LogP contribution in [0, 0.1) is 12.7 Å². The molecule has 0 radical (unpaired) electrons. The molecule has 0 saturated carbocycles. The highest BCUT2D eigenvalue weighted by Crippen LogP contribution is 2.31. The predicted octanol–water partition coefficient (Wildman–Crippen LogP) is 3.22. The fourth-order valence-electron chi connectivity index (χ4n) is 2.62. The van der Waals surface area contributed by atoms with Gasteiger partial charge in [0, 0.05) is 5.69 Å². The van der Waals surface area contributed by atoms with E-state index < -0.39 is 42.7 Å². The Morgan fingerprint density at radius 1 is 1.07 bits per heavy atom. The number of nitrogens with zero attached hydrogens (tertiary/aromatic N) is 1. The van der Waals surface area contributed by atoms with Crippen LogP contribution in [0.5, 0.6) is 0 Å². The van der Waals surface area contributed by atoms with E-state index in [-0.39, 0.29) is 26.9 Å². The smallest absolute Gasteiger partial charge is 0.326 e. The average Bonchev–Trinajstić information content (AvgIpc) is 2.88. The summed E-state index contributed by atoms with van der Waals surface area (Å²) in [6.45, 7) is 0.215. The standard InChI is InChI=1S/C19H13Cl2FN2O5/c1-9-2-3-10(4-15(9)22)23-16(25)8-29-17(26)7-24-18(27)11-5-13(20)14(21)6-12(11)19(24)28/h2-6H,7-8H2,1H3,(H,23,25). The highest BCUT2D eigenvalue weighted by atomic mass is 35.5. The molecule has 0 bridgehead atoms. The minimum Gasteiger partial charge on any atom is -0.454 e. The fraction of sp³-hybridized carbons (Fsp3) is 0.158. The summed E-state index contributed by atoms with van der Waals surface area (Å²) < 4.78 is 18.3. The van der Waals surface area contributed by atoms with Crippen LogP contribution in [0.3, 0.4) is 0 Å². The van der Waals surface area contributed by atoms with Crippen LogP contribution in [-0.4, -0.2) is 41.7 Å². The van der Waals surface area contributed by atoms with Crippen molar-refractivity contribution in [2.45, 2.75) is 6.92 Å². The van der Waals surface area contributed by atoms with Crippen LogP contribution in [0.25, 0.3) is 0 Å². The Labute approximate surface area is 174 Å². The summed E-state index contributed by atoms with van der Waals surface area (Å²) in [5.74, 6) is -3.62. The Hall–Kier alpha value is -2.97. The molecule has 0 unspecified atom stereocenters. The van der Waals surface area contributed by atoms with Gasteiger partial charge >= 0.3 is 5.97 Å². The van der Waals surface area contributed by atoms with Crippen molar-refractivity contribution in [1.82, 2.24) is 4.90 Å². The van der Waals surface area contributed by atoms with Crippen molar-refractivity contribution in [2.24, 2.45) is 0 Å². The van der Waals surface area contributed by atoms with E-state index in [1.807, 2.05) is 0 Å². The molecular weight excluding hydrogens is 426 g/mol. The Kier molecular flexibility index (Phi) is 5.86. The number of imide groups is 1. The summed E-state index contributed by atoms with van der Waals surface area (Å²) in [4.78, 5) is 49.1. The van der Waals surface area contributed by atoms with Gasteiger partial charge in [-0.25, -0.2) is 4.39 Å². The Morgan fingerprint density at radius 2 is 1.66 bits per heavy atom. The minimum absolute atomic E-state index is 0.0244. The first-order chi connectivity index (χ1) is 13.7. The molecule has 3 amide bonds. The lowest BCUT2D eigenvalue weighted by Gasteiger charge is -2.13.